The molecule has 0 aromatic heterocycles. The number of carbonyl (C=O) groups excluding carboxylic acids is 2. The molecule has 0 spiro atoms. The summed E-state index contributed by atoms with van der Waals surface area (Å²) >= 11 is 0. The fourth-order valence-corrected chi connectivity index (χ4v) is 4.29. The molecule has 6 heteroatoms. The van der Waals surface area contributed by atoms with Crippen LogP contribution in [0.4, 0.5) is 5.69 Å². The molecule has 0 saturated carbocycles. The maximum atomic E-state index is 13.7. The molecule has 2 amide bonds. The van der Waals surface area contributed by atoms with Gasteiger partial charge in [-0.15, -0.1) is 0 Å². The lowest BCUT2D eigenvalue weighted by molar-refractivity contribution is -0.120. The molecule has 6 nitrogen and oxygen atoms in total. The van der Waals surface area contributed by atoms with Crippen LogP contribution >= 0.6 is 0 Å². The number of piperidine rings is 1. The highest BCUT2D eigenvalue weighted by Gasteiger charge is 2.44. The second kappa shape index (κ2) is 8.32. The van der Waals surface area contributed by atoms with Gasteiger partial charge in [-0.25, -0.2) is 4.90 Å². The van der Waals surface area contributed by atoms with E-state index in [4.69, 9.17) is 4.74 Å². The van der Waals surface area contributed by atoms with E-state index in [9.17, 15) is 14.7 Å². The van der Waals surface area contributed by atoms with Gasteiger partial charge in [0.1, 0.15) is 11.4 Å². The molecule has 2 aromatic carbocycles. The molecular formula is C24H26N2O4. The van der Waals surface area contributed by atoms with Crippen molar-refractivity contribution in [2.45, 2.75) is 19.8 Å². The Hall–Kier alpha value is -3.12. The molecule has 4 rings (SSSR count). The van der Waals surface area contributed by atoms with Crippen LogP contribution in [-0.2, 0) is 9.59 Å². The van der Waals surface area contributed by atoms with E-state index in [0.29, 0.717) is 41.4 Å². The number of aliphatic hydroxyl groups is 1. The summed E-state index contributed by atoms with van der Waals surface area (Å²) in [6, 6.07) is 14.8. The zero-order chi connectivity index (χ0) is 21.3. The number of likely N-dealkylation sites (tertiary alicyclic amines) is 1. The topological polar surface area (TPSA) is 70.1 Å². The van der Waals surface area contributed by atoms with Gasteiger partial charge in [0, 0.05) is 19.7 Å². The van der Waals surface area contributed by atoms with Gasteiger partial charge in [0.15, 0.2) is 0 Å². The zero-order valence-electron chi connectivity index (χ0n) is 17.3. The van der Waals surface area contributed by atoms with E-state index in [-0.39, 0.29) is 24.3 Å². The number of rotatable bonds is 5. The summed E-state index contributed by atoms with van der Waals surface area (Å²) in [5.41, 5.74) is 2.91. The van der Waals surface area contributed by atoms with Crippen molar-refractivity contribution in [2.24, 2.45) is 5.92 Å². The Kier molecular flexibility index (Phi) is 5.59. The van der Waals surface area contributed by atoms with E-state index >= 15 is 0 Å². The lowest BCUT2D eigenvalue weighted by Gasteiger charge is -2.34. The first-order valence-electron chi connectivity index (χ1n) is 10.2. The van der Waals surface area contributed by atoms with Crippen molar-refractivity contribution in [2.75, 3.05) is 31.7 Å². The largest absolute Gasteiger partial charge is 0.495 e. The number of aryl methyl sites for hydroxylation is 1. The van der Waals surface area contributed by atoms with Crippen LogP contribution in [0.3, 0.4) is 0 Å². The third-order valence-corrected chi connectivity index (χ3v) is 5.79. The lowest BCUT2D eigenvalue weighted by Crippen LogP contribution is -2.40. The van der Waals surface area contributed by atoms with E-state index in [0.717, 1.165) is 18.4 Å². The average molecular weight is 406 g/mol. The zero-order valence-corrected chi connectivity index (χ0v) is 17.3. The Bertz CT molecular complexity index is 1000. The minimum absolute atomic E-state index is 0.0714. The molecule has 0 radical (unpaired) electrons. The van der Waals surface area contributed by atoms with Crippen LogP contribution in [0.5, 0.6) is 5.75 Å². The van der Waals surface area contributed by atoms with Crippen LogP contribution in [0.15, 0.2) is 54.2 Å². The van der Waals surface area contributed by atoms with Gasteiger partial charge in [-0.3, -0.25) is 9.59 Å². The summed E-state index contributed by atoms with van der Waals surface area (Å²) in [5, 5.41) is 9.66. The highest BCUT2D eigenvalue weighted by atomic mass is 16.5. The number of amides is 2. The number of imide groups is 1. The van der Waals surface area contributed by atoms with Crippen LogP contribution in [0, 0.1) is 12.8 Å². The van der Waals surface area contributed by atoms with E-state index in [2.05, 4.69) is 0 Å². The average Bonchev–Trinajstić information content (AvgIpc) is 3.04. The summed E-state index contributed by atoms with van der Waals surface area (Å²) in [6.07, 6.45) is 1.78. The van der Waals surface area contributed by atoms with Crippen molar-refractivity contribution in [3.05, 3.63) is 65.4 Å². The second-order valence-electron chi connectivity index (χ2n) is 7.85. The van der Waals surface area contributed by atoms with E-state index < -0.39 is 0 Å². The van der Waals surface area contributed by atoms with Crippen LogP contribution in [-0.4, -0.2) is 48.6 Å². The fourth-order valence-electron chi connectivity index (χ4n) is 4.29. The number of hydrogen-bond donors (Lipinski definition) is 1. The van der Waals surface area contributed by atoms with Gasteiger partial charge in [0.05, 0.1) is 18.4 Å². The molecule has 0 bridgehead atoms. The molecule has 30 heavy (non-hydrogen) atoms. The van der Waals surface area contributed by atoms with Crippen LogP contribution in [0.25, 0.3) is 5.57 Å². The predicted molar refractivity (Wildman–Crippen MR) is 115 cm³/mol. The quantitative estimate of drug-likeness (QED) is 0.773. The third-order valence-electron chi connectivity index (χ3n) is 5.79. The van der Waals surface area contributed by atoms with E-state index in [1.165, 1.54) is 12.0 Å². The number of carbonyl (C=O) groups is 2. The van der Waals surface area contributed by atoms with Crippen molar-refractivity contribution in [3.8, 4) is 5.75 Å². The van der Waals surface area contributed by atoms with Crippen molar-refractivity contribution in [3.63, 3.8) is 0 Å². The number of hydrogen-bond acceptors (Lipinski definition) is 5. The lowest BCUT2D eigenvalue weighted by atomic mass is 9.97. The standard InChI is InChI=1S/C24H26N2O4/c1-16-10-11-20(30-2)19(13-16)26-23(28)21(18-8-4-3-5-9-18)22(24(26)29)25-12-6-7-17(14-25)15-27/h3-5,8-11,13,17,27H,6-7,12,14-15H2,1-2H3. The molecular weight excluding hydrogens is 380 g/mol. The number of ether oxygens (including phenoxy) is 1. The number of methoxy groups -OCH3 is 1. The molecule has 0 aliphatic carbocycles. The van der Waals surface area contributed by atoms with Crippen molar-refractivity contribution < 1.29 is 19.4 Å². The molecule has 2 aliphatic heterocycles. The molecule has 156 valence electrons. The molecule has 2 heterocycles. The van der Waals surface area contributed by atoms with Gasteiger partial charge in [0.2, 0.25) is 0 Å². The Morgan fingerprint density at radius 2 is 1.87 bits per heavy atom. The van der Waals surface area contributed by atoms with Gasteiger partial charge in [-0.05, 0) is 48.9 Å². The second-order valence-corrected chi connectivity index (χ2v) is 7.85. The van der Waals surface area contributed by atoms with Crippen molar-refractivity contribution in [1.29, 1.82) is 0 Å². The van der Waals surface area contributed by atoms with Crippen LogP contribution in [0.1, 0.15) is 24.0 Å². The van der Waals surface area contributed by atoms with Crippen molar-refractivity contribution >= 4 is 23.1 Å². The maximum Gasteiger partial charge on any atom is 0.282 e. The summed E-state index contributed by atoms with van der Waals surface area (Å²) in [6.45, 7) is 3.22. The first kappa shape index (κ1) is 20.2. The molecule has 1 saturated heterocycles. The maximum absolute atomic E-state index is 13.7. The number of anilines is 1. The molecule has 1 N–H and O–H groups in total. The summed E-state index contributed by atoms with van der Waals surface area (Å²) in [5.74, 6) is -0.130. The Morgan fingerprint density at radius 1 is 1.10 bits per heavy atom. The van der Waals surface area contributed by atoms with Gasteiger partial charge in [0.25, 0.3) is 11.8 Å². The number of aliphatic hydroxyl groups excluding tert-OH is 1. The van der Waals surface area contributed by atoms with Gasteiger partial charge in [-0.2, -0.15) is 0 Å². The Labute approximate surface area is 176 Å². The highest BCUT2D eigenvalue weighted by molar-refractivity contribution is 6.45. The summed E-state index contributed by atoms with van der Waals surface area (Å²) < 4.78 is 5.45. The first-order valence-corrected chi connectivity index (χ1v) is 10.2. The van der Waals surface area contributed by atoms with E-state index in [1.54, 1.807) is 12.1 Å². The summed E-state index contributed by atoms with van der Waals surface area (Å²) in [7, 11) is 1.53. The SMILES string of the molecule is COc1ccc(C)cc1N1C(=O)C(c2ccccc2)=C(N2CCCC(CO)C2)C1=O. The molecule has 1 fully saturated rings. The third kappa shape index (κ3) is 3.48. The highest BCUT2D eigenvalue weighted by Crippen LogP contribution is 2.39. The molecule has 2 aliphatic rings. The monoisotopic (exact) mass is 406 g/mol. The fraction of sp³-hybridized carbons (Fsp3) is 0.333. The van der Waals surface area contributed by atoms with Crippen LogP contribution < -0.4 is 9.64 Å². The van der Waals surface area contributed by atoms with Gasteiger partial charge >= 0.3 is 0 Å². The minimum atomic E-state index is -0.351. The van der Waals surface area contributed by atoms with Crippen LogP contribution in [0.2, 0.25) is 0 Å². The number of nitrogens with zero attached hydrogens (tertiary/aromatic N) is 2. The molecule has 1 unspecified atom stereocenters. The Balaban J connectivity index is 1.84. The Morgan fingerprint density at radius 3 is 2.57 bits per heavy atom. The van der Waals surface area contributed by atoms with E-state index in [1.807, 2.05) is 48.2 Å². The van der Waals surface area contributed by atoms with Gasteiger partial charge in [-0.1, -0.05) is 36.4 Å². The minimum Gasteiger partial charge on any atom is -0.495 e. The number of benzene rings is 2. The molecule has 2 aromatic rings. The smallest absolute Gasteiger partial charge is 0.282 e. The predicted octanol–water partition coefficient (Wildman–Crippen LogP) is 2.99. The normalized spacial score (nSPS) is 19.6. The van der Waals surface area contributed by atoms with Gasteiger partial charge < -0.3 is 14.7 Å². The van der Waals surface area contributed by atoms with Crippen molar-refractivity contribution in [1.82, 2.24) is 4.90 Å². The molecule has 1 atom stereocenters. The summed E-state index contributed by atoms with van der Waals surface area (Å²) in [4.78, 5) is 30.5. The first-order chi connectivity index (χ1) is 14.5.